The van der Waals surface area contributed by atoms with Crippen molar-refractivity contribution >= 4 is 11.6 Å². The number of aliphatic hydroxyl groups is 1. The molecule has 0 radical (unpaired) electrons. The van der Waals surface area contributed by atoms with Crippen LogP contribution in [0.2, 0.25) is 5.02 Å². The Morgan fingerprint density at radius 1 is 1.08 bits per heavy atom. The normalized spacial score (nSPS) is 19.1. The maximum Gasteiger partial charge on any atom is 0.0974 e. The molecule has 1 N–H and O–H groups in total. The fraction of sp³-hybridized carbons (Fsp3) is 0.455. The number of hydrogen-bond acceptors (Lipinski definition) is 3. The van der Waals surface area contributed by atoms with E-state index in [1.165, 1.54) is 5.56 Å². The monoisotopic (exact) mass is 373 g/mol. The molecule has 1 aliphatic rings. The minimum atomic E-state index is -0.931. The zero-order chi connectivity index (χ0) is 18.6. The highest BCUT2D eigenvalue weighted by Gasteiger charge is 2.39. The molecule has 0 aromatic heterocycles. The number of nitrogens with zero attached hydrogens (tertiary/aromatic N) is 1. The lowest BCUT2D eigenvalue weighted by molar-refractivity contribution is -0.0250. The maximum absolute atomic E-state index is 11.8. The van der Waals surface area contributed by atoms with E-state index in [0.29, 0.717) is 11.4 Å². The van der Waals surface area contributed by atoms with Gasteiger partial charge in [-0.3, -0.25) is 4.90 Å². The third-order valence-electron chi connectivity index (χ3n) is 5.48. The second-order valence-electron chi connectivity index (χ2n) is 7.16. The molecule has 3 nitrogen and oxygen atoms in total. The lowest BCUT2D eigenvalue weighted by Gasteiger charge is -2.40. The van der Waals surface area contributed by atoms with Crippen LogP contribution in [-0.4, -0.2) is 42.9 Å². The van der Waals surface area contributed by atoms with Gasteiger partial charge in [0.1, 0.15) is 0 Å². The van der Waals surface area contributed by atoms with Gasteiger partial charge in [0.2, 0.25) is 0 Å². The van der Waals surface area contributed by atoms with Gasteiger partial charge in [-0.15, -0.1) is 0 Å². The van der Waals surface area contributed by atoms with Crippen LogP contribution in [0.1, 0.15) is 36.0 Å². The molecule has 1 aliphatic heterocycles. The van der Waals surface area contributed by atoms with E-state index in [0.717, 1.165) is 44.0 Å². The Morgan fingerprint density at radius 3 is 2.27 bits per heavy atom. The number of benzene rings is 2. The van der Waals surface area contributed by atoms with E-state index in [4.69, 9.17) is 16.3 Å². The van der Waals surface area contributed by atoms with E-state index in [1.807, 2.05) is 24.3 Å². The van der Waals surface area contributed by atoms with E-state index in [2.05, 4.69) is 43.0 Å². The highest BCUT2D eigenvalue weighted by atomic mass is 35.5. The molecule has 2 aromatic rings. The molecule has 1 saturated heterocycles. The summed E-state index contributed by atoms with van der Waals surface area (Å²) in [6, 6.07) is 16.2. The van der Waals surface area contributed by atoms with Gasteiger partial charge in [-0.05, 0) is 36.6 Å². The number of rotatable bonds is 6. The first-order valence-corrected chi connectivity index (χ1v) is 9.76. The predicted molar refractivity (Wildman–Crippen MR) is 107 cm³/mol. The molecule has 0 unspecified atom stereocenters. The van der Waals surface area contributed by atoms with Crippen LogP contribution in [0.4, 0.5) is 0 Å². The van der Waals surface area contributed by atoms with Gasteiger partial charge in [-0.25, -0.2) is 0 Å². The van der Waals surface area contributed by atoms with Crippen molar-refractivity contribution in [2.45, 2.75) is 31.8 Å². The van der Waals surface area contributed by atoms with Crippen LogP contribution in [0.3, 0.4) is 0 Å². The Kier molecular flexibility index (Phi) is 6.36. The molecule has 2 aromatic carbocycles. The van der Waals surface area contributed by atoms with Crippen molar-refractivity contribution in [2.24, 2.45) is 0 Å². The van der Waals surface area contributed by atoms with Crippen molar-refractivity contribution in [3.63, 3.8) is 0 Å². The summed E-state index contributed by atoms with van der Waals surface area (Å²) in [4.78, 5) is 2.39. The van der Waals surface area contributed by atoms with Gasteiger partial charge in [-0.1, -0.05) is 60.5 Å². The van der Waals surface area contributed by atoms with Gasteiger partial charge < -0.3 is 9.84 Å². The molecule has 1 fully saturated rings. The summed E-state index contributed by atoms with van der Waals surface area (Å²) in [7, 11) is 0. The van der Waals surface area contributed by atoms with Crippen molar-refractivity contribution in [2.75, 3.05) is 32.8 Å². The van der Waals surface area contributed by atoms with Crippen LogP contribution in [0.5, 0.6) is 0 Å². The molecular formula is C22H28ClNO2. The standard InChI is InChI=1S/C22H28ClNO2/c1-3-22(25,19-8-4-17(2)5-9-19)21(16-24-12-14-26-15-13-24)18-6-10-20(23)11-7-18/h4-11,21,25H,3,12-16H2,1-2H3/t21-,22+/m1/s1. The first kappa shape index (κ1) is 19.4. The van der Waals surface area contributed by atoms with Gasteiger partial charge in [0.05, 0.1) is 18.8 Å². The van der Waals surface area contributed by atoms with Crippen LogP contribution in [0.15, 0.2) is 48.5 Å². The molecule has 0 spiro atoms. The van der Waals surface area contributed by atoms with Crippen LogP contribution < -0.4 is 0 Å². The first-order chi connectivity index (χ1) is 12.5. The third kappa shape index (κ3) is 4.29. The quantitative estimate of drug-likeness (QED) is 0.816. The third-order valence-corrected chi connectivity index (χ3v) is 5.74. The molecule has 3 rings (SSSR count). The van der Waals surface area contributed by atoms with Crippen LogP contribution >= 0.6 is 11.6 Å². The number of morpholine rings is 1. The largest absolute Gasteiger partial charge is 0.384 e. The fourth-order valence-electron chi connectivity index (χ4n) is 3.76. The topological polar surface area (TPSA) is 32.7 Å². The summed E-state index contributed by atoms with van der Waals surface area (Å²) >= 11 is 6.10. The van der Waals surface area contributed by atoms with E-state index in [9.17, 15) is 5.11 Å². The SMILES string of the molecule is CC[C@](O)(c1ccc(C)cc1)[C@H](CN1CCOCC1)c1ccc(Cl)cc1. The molecule has 26 heavy (non-hydrogen) atoms. The maximum atomic E-state index is 11.8. The molecule has 0 saturated carbocycles. The number of hydrogen-bond donors (Lipinski definition) is 1. The number of halogens is 1. The smallest absolute Gasteiger partial charge is 0.0974 e. The number of ether oxygens (including phenoxy) is 1. The van der Waals surface area contributed by atoms with Gasteiger partial charge >= 0.3 is 0 Å². The minimum absolute atomic E-state index is 0.0365. The lowest BCUT2D eigenvalue weighted by atomic mass is 9.75. The van der Waals surface area contributed by atoms with E-state index in [1.54, 1.807) is 0 Å². The summed E-state index contributed by atoms with van der Waals surface area (Å²) in [6.45, 7) is 8.23. The zero-order valence-corrected chi connectivity index (χ0v) is 16.4. The Labute approximate surface area is 161 Å². The van der Waals surface area contributed by atoms with Crippen LogP contribution in [0.25, 0.3) is 0 Å². The van der Waals surface area contributed by atoms with Crippen LogP contribution in [0, 0.1) is 6.92 Å². The Balaban J connectivity index is 1.98. The first-order valence-electron chi connectivity index (χ1n) is 9.38. The molecule has 2 atom stereocenters. The summed E-state index contributed by atoms with van der Waals surface area (Å²) < 4.78 is 5.49. The Bertz CT molecular complexity index is 695. The van der Waals surface area contributed by atoms with Crippen molar-refractivity contribution in [1.29, 1.82) is 0 Å². The summed E-state index contributed by atoms with van der Waals surface area (Å²) in [5.41, 5.74) is 2.35. The second-order valence-corrected chi connectivity index (χ2v) is 7.60. The minimum Gasteiger partial charge on any atom is -0.384 e. The summed E-state index contributed by atoms with van der Waals surface area (Å²) in [6.07, 6.45) is 0.647. The molecular weight excluding hydrogens is 346 g/mol. The summed E-state index contributed by atoms with van der Waals surface area (Å²) in [5, 5.41) is 12.5. The lowest BCUT2D eigenvalue weighted by Crippen LogP contribution is -2.44. The average molecular weight is 374 g/mol. The highest BCUT2D eigenvalue weighted by Crippen LogP contribution is 2.41. The van der Waals surface area contributed by atoms with Gasteiger partial charge in [0.25, 0.3) is 0 Å². The molecule has 0 aliphatic carbocycles. The zero-order valence-electron chi connectivity index (χ0n) is 15.6. The average Bonchev–Trinajstić information content (AvgIpc) is 2.68. The van der Waals surface area contributed by atoms with Gasteiger partial charge in [-0.2, -0.15) is 0 Å². The van der Waals surface area contributed by atoms with Crippen molar-refractivity contribution < 1.29 is 9.84 Å². The predicted octanol–water partition coefficient (Wildman–Crippen LogP) is 4.36. The Hall–Kier alpha value is -1.39. The molecule has 0 bridgehead atoms. The summed E-state index contributed by atoms with van der Waals surface area (Å²) in [5.74, 6) is -0.0365. The van der Waals surface area contributed by atoms with Crippen LogP contribution in [-0.2, 0) is 10.3 Å². The van der Waals surface area contributed by atoms with Gasteiger partial charge in [0, 0.05) is 30.6 Å². The molecule has 0 amide bonds. The van der Waals surface area contributed by atoms with E-state index >= 15 is 0 Å². The van der Waals surface area contributed by atoms with E-state index in [-0.39, 0.29) is 5.92 Å². The second kappa shape index (κ2) is 8.53. The van der Waals surface area contributed by atoms with Gasteiger partial charge in [0.15, 0.2) is 0 Å². The molecule has 140 valence electrons. The van der Waals surface area contributed by atoms with Crippen molar-refractivity contribution in [3.8, 4) is 0 Å². The Morgan fingerprint density at radius 2 is 1.69 bits per heavy atom. The molecule has 4 heteroatoms. The van der Waals surface area contributed by atoms with Crippen molar-refractivity contribution in [1.82, 2.24) is 4.90 Å². The van der Waals surface area contributed by atoms with Crippen molar-refractivity contribution in [3.05, 3.63) is 70.2 Å². The van der Waals surface area contributed by atoms with E-state index < -0.39 is 5.60 Å². The fourth-order valence-corrected chi connectivity index (χ4v) is 3.89. The highest BCUT2D eigenvalue weighted by molar-refractivity contribution is 6.30. The number of aryl methyl sites for hydroxylation is 1. The molecule has 1 heterocycles.